The third-order valence-corrected chi connectivity index (χ3v) is 4.82. The Morgan fingerprint density at radius 1 is 1.14 bits per heavy atom. The molecule has 0 unspecified atom stereocenters. The maximum absolute atomic E-state index is 13.4. The highest BCUT2D eigenvalue weighted by Crippen LogP contribution is 2.37. The molecule has 0 spiro atoms. The zero-order chi connectivity index (χ0) is 19.3. The molecule has 0 fully saturated rings. The highest BCUT2D eigenvalue weighted by Gasteiger charge is 2.22. The van der Waals surface area contributed by atoms with Gasteiger partial charge in [0.15, 0.2) is 0 Å². The Labute approximate surface area is 159 Å². The molecule has 0 atom stereocenters. The van der Waals surface area contributed by atoms with Gasteiger partial charge in [-0.25, -0.2) is 14.4 Å². The van der Waals surface area contributed by atoms with Crippen molar-refractivity contribution in [3.63, 3.8) is 0 Å². The minimum absolute atomic E-state index is 0.0186. The minimum atomic E-state index is -0.310. The molecule has 5 rings (SSSR count). The van der Waals surface area contributed by atoms with Gasteiger partial charge in [0.1, 0.15) is 5.82 Å². The summed E-state index contributed by atoms with van der Waals surface area (Å²) in [6.45, 7) is 0. The molecule has 0 saturated carbocycles. The van der Waals surface area contributed by atoms with Crippen LogP contribution < -0.4 is 10.1 Å². The largest absolute Gasteiger partial charge is 0.478 e. The van der Waals surface area contributed by atoms with Crippen LogP contribution in [0.3, 0.4) is 0 Å². The summed E-state index contributed by atoms with van der Waals surface area (Å²) in [5, 5.41) is 2.84. The van der Waals surface area contributed by atoms with Gasteiger partial charge >= 0.3 is 0 Å². The Hall–Kier alpha value is -3.74. The van der Waals surface area contributed by atoms with Gasteiger partial charge in [0, 0.05) is 29.2 Å². The molecule has 2 aromatic heterocycles. The van der Waals surface area contributed by atoms with Crippen molar-refractivity contribution in [2.45, 2.75) is 6.42 Å². The van der Waals surface area contributed by atoms with Crippen LogP contribution in [0.4, 0.5) is 10.1 Å². The van der Waals surface area contributed by atoms with E-state index in [1.165, 1.54) is 12.1 Å². The average Bonchev–Trinajstić information content (AvgIpc) is 3.27. The number of carbonyl (C=O) groups excluding carboxylic acids is 1. The molecule has 1 N–H and O–H groups in total. The molecule has 0 bridgehead atoms. The van der Waals surface area contributed by atoms with Gasteiger partial charge in [-0.1, -0.05) is 6.07 Å². The van der Waals surface area contributed by atoms with Crippen molar-refractivity contribution in [3.8, 4) is 28.4 Å². The average molecular weight is 374 g/mol. The fourth-order valence-electron chi connectivity index (χ4n) is 3.56. The summed E-state index contributed by atoms with van der Waals surface area (Å²) in [7, 11) is 1.54. The van der Waals surface area contributed by atoms with E-state index in [1.807, 2.05) is 28.8 Å². The second kappa shape index (κ2) is 6.16. The van der Waals surface area contributed by atoms with E-state index in [4.69, 9.17) is 9.72 Å². The molecule has 0 aliphatic carbocycles. The number of nitrogens with zero attached hydrogens (tertiary/aromatic N) is 3. The third-order valence-electron chi connectivity index (χ3n) is 4.82. The lowest BCUT2D eigenvalue weighted by molar-refractivity contribution is -0.115. The summed E-state index contributed by atoms with van der Waals surface area (Å²) in [6, 6.07) is 12.0. The third kappa shape index (κ3) is 2.51. The lowest BCUT2D eigenvalue weighted by Crippen LogP contribution is -2.03. The normalized spacial score (nSPS) is 12.9. The molecule has 3 heterocycles. The van der Waals surface area contributed by atoms with E-state index >= 15 is 0 Å². The fourth-order valence-corrected chi connectivity index (χ4v) is 3.56. The molecule has 138 valence electrons. The second-order valence-corrected chi connectivity index (χ2v) is 6.54. The zero-order valence-electron chi connectivity index (χ0n) is 14.9. The molecule has 1 aliphatic heterocycles. The number of rotatable bonds is 3. The van der Waals surface area contributed by atoms with Gasteiger partial charge in [0.25, 0.3) is 5.88 Å². The van der Waals surface area contributed by atoms with Crippen molar-refractivity contribution in [2.75, 3.05) is 12.4 Å². The summed E-state index contributed by atoms with van der Waals surface area (Å²) in [5.41, 5.74) is 5.50. The van der Waals surface area contributed by atoms with Gasteiger partial charge in [-0.05, 0) is 42.0 Å². The Morgan fingerprint density at radius 2 is 1.93 bits per heavy atom. The summed E-state index contributed by atoms with van der Waals surface area (Å²) >= 11 is 0. The van der Waals surface area contributed by atoms with Gasteiger partial charge in [0.05, 0.1) is 24.9 Å². The molecule has 2 aromatic carbocycles. The monoisotopic (exact) mass is 374 g/mol. The molecule has 6 nitrogen and oxygen atoms in total. The predicted octanol–water partition coefficient (Wildman–Crippen LogP) is 3.71. The van der Waals surface area contributed by atoms with Gasteiger partial charge in [-0.3, -0.25) is 9.20 Å². The van der Waals surface area contributed by atoms with E-state index in [0.717, 1.165) is 28.1 Å². The number of hydrogen-bond acceptors (Lipinski definition) is 4. The lowest BCUT2D eigenvalue weighted by Gasteiger charge is -2.08. The van der Waals surface area contributed by atoms with Crippen molar-refractivity contribution in [2.24, 2.45) is 0 Å². The number of nitrogens with one attached hydrogen (secondary N) is 1. The van der Waals surface area contributed by atoms with Gasteiger partial charge < -0.3 is 10.1 Å². The number of carbonyl (C=O) groups is 1. The van der Waals surface area contributed by atoms with E-state index in [1.54, 1.807) is 25.4 Å². The number of amides is 1. The van der Waals surface area contributed by atoms with Crippen molar-refractivity contribution < 1.29 is 13.9 Å². The summed E-state index contributed by atoms with van der Waals surface area (Å²) in [4.78, 5) is 20.7. The number of halogens is 1. The Balaban J connectivity index is 1.79. The molecule has 0 saturated heterocycles. The van der Waals surface area contributed by atoms with Crippen LogP contribution in [0, 0.1) is 5.82 Å². The van der Waals surface area contributed by atoms with Crippen molar-refractivity contribution in [1.29, 1.82) is 0 Å². The van der Waals surface area contributed by atoms with E-state index in [9.17, 15) is 9.18 Å². The first-order valence-electron chi connectivity index (χ1n) is 8.74. The van der Waals surface area contributed by atoms with Crippen LogP contribution in [0.1, 0.15) is 5.56 Å². The van der Waals surface area contributed by atoms with Crippen LogP contribution in [0.5, 0.6) is 5.88 Å². The summed E-state index contributed by atoms with van der Waals surface area (Å²) in [5.74, 6) is 0.0699. The maximum Gasteiger partial charge on any atom is 0.258 e. The predicted molar refractivity (Wildman–Crippen MR) is 103 cm³/mol. The van der Waals surface area contributed by atoms with Crippen LogP contribution in [0.25, 0.3) is 28.2 Å². The molecule has 1 amide bonds. The number of hydrogen-bond donors (Lipinski definition) is 1. The molecular formula is C21H15FN4O2. The van der Waals surface area contributed by atoms with E-state index in [2.05, 4.69) is 10.3 Å². The highest BCUT2D eigenvalue weighted by molar-refractivity contribution is 6.00. The zero-order valence-corrected chi connectivity index (χ0v) is 14.9. The first kappa shape index (κ1) is 16.4. The molecular weight excluding hydrogens is 359 g/mol. The Kier molecular flexibility index (Phi) is 3.61. The van der Waals surface area contributed by atoms with Crippen LogP contribution in [0.2, 0.25) is 0 Å². The van der Waals surface area contributed by atoms with Crippen molar-refractivity contribution >= 4 is 17.2 Å². The first-order chi connectivity index (χ1) is 13.6. The van der Waals surface area contributed by atoms with Crippen LogP contribution in [0.15, 0.2) is 54.9 Å². The summed E-state index contributed by atoms with van der Waals surface area (Å²) < 4.78 is 20.7. The SMILES string of the molecule is COc1nccn2c(-c3ccc4c(c3)CC(=O)N4)c(-c3ccc(F)cc3)nc12. The fraction of sp³-hybridized carbons (Fsp3) is 0.0952. The highest BCUT2D eigenvalue weighted by atomic mass is 19.1. The molecule has 7 heteroatoms. The standard InChI is InChI=1S/C21H15FN4O2/c1-28-21-20-25-18(12-2-5-15(22)6-3-12)19(26(20)9-8-23-21)13-4-7-16-14(10-13)11-17(27)24-16/h2-10H,11H2,1H3,(H,24,27). The molecule has 28 heavy (non-hydrogen) atoms. The topological polar surface area (TPSA) is 68.5 Å². The van der Waals surface area contributed by atoms with E-state index in [0.29, 0.717) is 23.6 Å². The number of benzene rings is 2. The smallest absolute Gasteiger partial charge is 0.258 e. The number of imidazole rings is 1. The number of methoxy groups -OCH3 is 1. The van der Waals surface area contributed by atoms with Gasteiger partial charge in [0.2, 0.25) is 11.6 Å². The molecule has 0 radical (unpaired) electrons. The first-order valence-corrected chi connectivity index (χ1v) is 8.74. The van der Waals surface area contributed by atoms with Crippen molar-refractivity contribution in [1.82, 2.24) is 14.4 Å². The Morgan fingerprint density at radius 3 is 2.71 bits per heavy atom. The summed E-state index contributed by atoms with van der Waals surface area (Å²) in [6.07, 6.45) is 3.80. The van der Waals surface area contributed by atoms with Crippen LogP contribution in [-0.4, -0.2) is 27.4 Å². The van der Waals surface area contributed by atoms with Crippen molar-refractivity contribution in [3.05, 3.63) is 66.2 Å². The number of aromatic nitrogens is 3. The quantitative estimate of drug-likeness (QED) is 0.594. The number of fused-ring (bicyclic) bond motifs is 2. The number of anilines is 1. The lowest BCUT2D eigenvalue weighted by atomic mass is 10.0. The Bertz CT molecular complexity index is 1230. The van der Waals surface area contributed by atoms with Gasteiger partial charge in [-0.2, -0.15) is 0 Å². The van der Waals surface area contributed by atoms with Crippen LogP contribution in [-0.2, 0) is 11.2 Å². The molecule has 4 aromatic rings. The number of ether oxygens (including phenoxy) is 1. The second-order valence-electron chi connectivity index (χ2n) is 6.54. The molecule has 1 aliphatic rings. The maximum atomic E-state index is 13.4. The van der Waals surface area contributed by atoms with E-state index in [-0.39, 0.29) is 11.7 Å². The minimum Gasteiger partial charge on any atom is -0.478 e. The van der Waals surface area contributed by atoms with Gasteiger partial charge in [-0.15, -0.1) is 0 Å². The van der Waals surface area contributed by atoms with E-state index < -0.39 is 0 Å². The van der Waals surface area contributed by atoms with Crippen LogP contribution >= 0.6 is 0 Å².